The fourth-order valence-corrected chi connectivity index (χ4v) is 1.32. The van der Waals surface area contributed by atoms with E-state index in [1.54, 1.807) is 0 Å². The second kappa shape index (κ2) is 3.38. The highest BCUT2D eigenvalue weighted by molar-refractivity contribution is 6.02. The SMILES string of the molecule is CCCNC1=C(O)C(=O)C(C)(O)C1. The summed E-state index contributed by atoms with van der Waals surface area (Å²) in [6.45, 7) is 4.09. The first-order valence-corrected chi connectivity index (χ1v) is 4.42. The summed E-state index contributed by atoms with van der Waals surface area (Å²) >= 11 is 0. The molecule has 0 fully saturated rings. The van der Waals surface area contributed by atoms with Crippen molar-refractivity contribution in [3.05, 3.63) is 11.5 Å². The first-order chi connectivity index (χ1) is 5.99. The zero-order chi connectivity index (χ0) is 10.1. The van der Waals surface area contributed by atoms with Gasteiger partial charge in [0.1, 0.15) is 5.60 Å². The Morgan fingerprint density at radius 2 is 2.23 bits per heavy atom. The molecule has 3 N–H and O–H groups in total. The lowest BCUT2D eigenvalue weighted by Crippen LogP contribution is -2.31. The molecule has 0 amide bonds. The van der Waals surface area contributed by atoms with Gasteiger partial charge in [-0.1, -0.05) is 6.92 Å². The van der Waals surface area contributed by atoms with Crippen molar-refractivity contribution in [2.75, 3.05) is 6.54 Å². The highest BCUT2D eigenvalue weighted by atomic mass is 16.3. The van der Waals surface area contributed by atoms with Crippen molar-refractivity contribution in [3.8, 4) is 0 Å². The Hall–Kier alpha value is -1.03. The smallest absolute Gasteiger partial charge is 0.230 e. The molecule has 74 valence electrons. The molecule has 0 spiro atoms. The molecule has 0 aliphatic heterocycles. The van der Waals surface area contributed by atoms with Crippen LogP contribution in [0.15, 0.2) is 11.5 Å². The van der Waals surface area contributed by atoms with E-state index in [0.717, 1.165) is 6.42 Å². The Labute approximate surface area is 77.3 Å². The van der Waals surface area contributed by atoms with Gasteiger partial charge in [0.25, 0.3) is 0 Å². The zero-order valence-corrected chi connectivity index (χ0v) is 7.92. The van der Waals surface area contributed by atoms with E-state index in [1.165, 1.54) is 6.92 Å². The average Bonchev–Trinajstić information content (AvgIpc) is 2.26. The van der Waals surface area contributed by atoms with Crippen molar-refractivity contribution in [1.82, 2.24) is 5.32 Å². The van der Waals surface area contributed by atoms with E-state index in [-0.39, 0.29) is 12.2 Å². The summed E-state index contributed by atoms with van der Waals surface area (Å²) < 4.78 is 0. The number of aliphatic hydroxyl groups excluding tert-OH is 1. The molecule has 0 aromatic rings. The minimum absolute atomic E-state index is 0.178. The number of ketones is 1. The van der Waals surface area contributed by atoms with Crippen LogP contribution in [-0.4, -0.2) is 28.1 Å². The zero-order valence-electron chi connectivity index (χ0n) is 7.92. The van der Waals surface area contributed by atoms with E-state index in [2.05, 4.69) is 5.32 Å². The fourth-order valence-electron chi connectivity index (χ4n) is 1.32. The molecule has 0 radical (unpaired) electrons. The molecular weight excluding hydrogens is 170 g/mol. The number of Topliss-reactive ketones (excluding diaryl/α,β-unsaturated/α-hetero) is 1. The van der Waals surface area contributed by atoms with Gasteiger partial charge in [-0.2, -0.15) is 0 Å². The third kappa shape index (κ3) is 1.83. The summed E-state index contributed by atoms with van der Waals surface area (Å²) in [6.07, 6.45) is 1.09. The van der Waals surface area contributed by atoms with Crippen LogP contribution in [0.25, 0.3) is 0 Å². The van der Waals surface area contributed by atoms with Crippen LogP contribution in [0.2, 0.25) is 0 Å². The monoisotopic (exact) mass is 185 g/mol. The summed E-state index contributed by atoms with van der Waals surface area (Å²) in [5, 5.41) is 21.8. The lowest BCUT2D eigenvalue weighted by Gasteiger charge is -2.13. The van der Waals surface area contributed by atoms with Gasteiger partial charge in [0, 0.05) is 13.0 Å². The highest BCUT2D eigenvalue weighted by Gasteiger charge is 2.42. The first kappa shape index (κ1) is 10.1. The molecule has 1 atom stereocenters. The molecular formula is C9H15NO3. The number of hydrogen-bond donors (Lipinski definition) is 3. The summed E-state index contributed by atoms with van der Waals surface area (Å²) in [5.41, 5.74) is -0.975. The molecule has 0 heterocycles. The summed E-state index contributed by atoms with van der Waals surface area (Å²) in [4.78, 5) is 11.2. The van der Waals surface area contributed by atoms with E-state index < -0.39 is 11.4 Å². The van der Waals surface area contributed by atoms with E-state index in [9.17, 15) is 15.0 Å². The van der Waals surface area contributed by atoms with Gasteiger partial charge in [0.2, 0.25) is 5.78 Å². The van der Waals surface area contributed by atoms with Gasteiger partial charge in [-0.3, -0.25) is 4.79 Å². The Bertz CT molecular complexity index is 256. The van der Waals surface area contributed by atoms with Gasteiger partial charge in [-0.15, -0.1) is 0 Å². The molecule has 0 saturated heterocycles. The maximum absolute atomic E-state index is 11.2. The Balaban J connectivity index is 2.71. The van der Waals surface area contributed by atoms with Gasteiger partial charge in [0.05, 0.1) is 5.70 Å². The van der Waals surface area contributed by atoms with Crippen molar-refractivity contribution in [2.24, 2.45) is 0 Å². The molecule has 0 saturated carbocycles. The lowest BCUT2D eigenvalue weighted by molar-refractivity contribution is -0.132. The molecule has 1 rings (SSSR count). The van der Waals surface area contributed by atoms with Crippen molar-refractivity contribution in [3.63, 3.8) is 0 Å². The Morgan fingerprint density at radius 3 is 2.62 bits per heavy atom. The first-order valence-electron chi connectivity index (χ1n) is 4.42. The van der Waals surface area contributed by atoms with Crippen LogP contribution >= 0.6 is 0 Å². The minimum atomic E-state index is -1.43. The fraction of sp³-hybridized carbons (Fsp3) is 0.667. The van der Waals surface area contributed by atoms with Gasteiger partial charge < -0.3 is 15.5 Å². The number of nitrogens with one attached hydrogen (secondary N) is 1. The number of carbonyl (C=O) groups excluding carboxylic acids is 1. The van der Waals surface area contributed by atoms with E-state index >= 15 is 0 Å². The quantitative estimate of drug-likeness (QED) is 0.598. The van der Waals surface area contributed by atoms with Gasteiger partial charge in [-0.05, 0) is 13.3 Å². The molecule has 1 aliphatic carbocycles. The van der Waals surface area contributed by atoms with Crippen LogP contribution in [0.4, 0.5) is 0 Å². The molecule has 0 bridgehead atoms. The molecule has 0 aromatic carbocycles. The maximum Gasteiger partial charge on any atom is 0.230 e. The van der Waals surface area contributed by atoms with Gasteiger partial charge >= 0.3 is 0 Å². The van der Waals surface area contributed by atoms with Crippen molar-refractivity contribution >= 4 is 5.78 Å². The van der Waals surface area contributed by atoms with Crippen LogP contribution in [0.3, 0.4) is 0 Å². The van der Waals surface area contributed by atoms with E-state index in [1.807, 2.05) is 6.92 Å². The number of rotatable bonds is 3. The van der Waals surface area contributed by atoms with Crippen LogP contribution in [0.5, 0.6) is 0 Å². The molecule has 4 heteroatoms. The molecule has 4 nitrogen and oxygen atoms in total. The predicted molar refractivity (Wildman–Crippen MR) is 48.2 cm³/mol. The van der Waals surface area contributed by atoms with E-state index in [4.69, 9.17) is 0 Å². The highest BCUT2D eigenvalue weighted by Crippen LogP contribution is 2.28. The Morgan fingerprint density at radius 1 is 1.62 bits per heavy atom. The Kier molecular flexibility index (Phi) is 2.61. The van der Waals surface area contributed by atoms with Crippen molar-refractivity contribution in [1.29, 1.82) is 0 Å². The third-order valence-electron chi connectivity index (χ3n) is 2.10. The number of aliphatic hydroxyl groups is 2. The lowest BCUT2D eigenvalue weighted by atomic mass is 10.0. The second-order valence-corrected chi connectivity index (χ2v) is 3.53. The standard InChI is InChI=1S/C9H15NO3/c1-3-4-10-6-5-9(2,13)8(12)7(6)11/h10-11,13H,3-5H2,1-2H3. The van der Waals surface area contributed by atoms with Crippen LogP contribution in [0.1, 0.15) is 26.7 Å². The van der Waals surface area contributed by atoms with Crippen LogP contribution < -0.4 is 5.32 Å². The van der Waals surface area contributed by atoms with Crippen molar-refractivity contribution in [2.45, 2.75) is 32.3 Å². The minimum Gasteiger partial charge on any atom is -0.503 e. The van der Waals surface area contributed by atoms with Crippen LogP contribution in [-0.2, 0) is 4.79 Å². The largest absolute Gasteiger partial charge is 0.503 e. The molecule has 0 aromatic heterocycles. The number of hydrogen-bond acceptors (Lipinski definition) is 4. The predicted octanol–water partition coefficient (Wildman–Crippen LogP) is 0.479. The van der Waals surface area contributed by atoms with Gasteiger partial charge in [-0.25, -0.2) is 0 Å². The number of carbonyl (C=O) groups is 1. The third-order valence-corrected chi connectivity index (χ3v) is 2.10. The maximum atomic E-state index is 11.2. The topological polar surface area (TPSA) is 69.6 Å². The summed E-state index contributed by atoms with van der Waals surface area (Å²) in [6, 6.07) is 0. The summed E-state index contributed by atoms with van der Waals surface area (Å²) in [7, 11) is 0. The summed E-state index contributed by atoms with van der Waals surface area (Å²) in [5.74, 6) is -0.912. The molecule has 1 aliphatic rings. The second-order valence-electron chi connectivity index (χ2n) is 3.53. The van der Waals surface area contributed by atoms with Crippen molar-refractivity contribution < 1.29 is 15.0 Å². The van der Waals surface area contributed by atoms with Gasteiger partial charge in [0.15, 0.2) is 5.76 Å². The van der Waals surface area contributed by atoms with Crippen LogP contribution in [0, 0.1) is 0 Å². The molecule has 13 heavy (non-hydrogen) atoms. The molecule has 1 unspecified atom stereocenters. The van der Waals surface area contributed by atoms with E-state index in [0.29, 0.717) is 12.2 Å². The average molecular weight is 185 g/mol. The normalized spacial score (nSPS) is 28.4.